The summed E-state index contributed by atoms with van der Waals surface area (Å²) in [6.07, 6.45) is 17.5. The van der Waals surface area contributed by atoms with Crippen LogP contribution in [0.2, 0.25) is 0 Å². The summed E-state index contributed by atoms with van der Waals surface area (Å²) in [5.74, 6) is 0.786. The van der Waals surface area contributed by atoms with Gasteiger partial charge in [0.05, 0.1) is 23.6 Å². The molecule has 1 aliphatic carbocycles. The molecule has 0 bridgehead atoms. The van der Waals surface area contributed by atoms with Crippen molar-refractivity contribution in [2.75, 3.05) is 0 Å². The number of rotatable bonds is 4. The van der Waals surface area contributed by atoms with Gasteiger partial charge in [0, 0.05) is 36.2 Å². The monoisotopic (exact) mass is 294 g/mol. The summed E-state index contributed by atoms with van der Waals surface area (Å²) in [6.45, 7) is 2.27. The zero-order chi connectivity index (χ0) is 14.9. The number of hydrogen-bond acceptors (Lipinski definition) is 3. The second-order valence-electron chi connectivity index (χ2n) is 6.40. The maximum atomic E-state index is 4.67. The topological polar surface area (TPSA) is 42.5 Å². The largest absolute Gasteiger partial charge is 0.269 e. The Labute approximate surface area is 131 Å². The van der Waals surface area contributed by atoms with E-state index >= 15 is 0 Å². The van der Waals surface area contributed by atoms with Crippen LogP contribution in [0.4, 0.5) is 0 Å². The smallest absolute Gasteiger partial charge is 0.0821 e. The summed E-state index contributed by atoms with van der Waals surface area (Å²) in [6, 6.07) is 0.529. The van der Waals surface area contributed by atoms with Gasteiger partial charge in [-0.3, -0.25) is 14.7 Å². The highest BCUT2D eigenvalue weighted by Crippen LogP contribution is 2.36. The first-order valence-electron chi connectivity index (χ1n) is 8.41. The maximum Gasteiger partial charge on any atom is 0.0821 e. The van der Waals surface area contributed by atoms with E-state index in [0.29, 0.717) is 6.04 Å². The SMILES string of the molecule is CC[C@H](C1CCCC1)n1cc(C2=C3C=CN=C3CC=N2)cn1. The fourth-order valence-corrected chi connectivity index (χ4v) is 3.99. The molecule has 0 aromatic carbocycles. The van der Waals surface area contributed by atoms with Gasteiger partial charge in [-0.15, -0.1) is 0 Å². The first-order valence-corrected chi connectivity index (χ1v) is 8.41. The molecule has 1 atom stereocenters. The lowest BCUT2D eigenvalue weighted by Gasteiger charge is -2.22. The van der Waals surface area contributed by atoms with Gasteiger partial charge in [0.1, 0.15) is 0 Å². The predicted molar refractivity (Wildman–Crippen MR) is 90.1 cm³/mol. The zero-order valence-electron chi connectivity index (χ0n) is 13.1. The van der Waals surface area contributed by atoms with Gasteiger partial charge in [0.15, 0.2) is 0 Å². The second-order valence-corrected chi connectivity index (χ2v) is 6.40. The molecule has 0 amide bonds. The first-order chi connectivity index (χ1) is 10.9. The standard InChI is InChI=1S/C18H22N4/c1-2-17(13-5-3-4-6-13)22-12-14(11-21-22)18-15-7-9-19-16(15)8-10-20-18/h7,9-13,17H,2-6,8H2,1H3/t17-/m1/s1. The van der Waals surface area contributed by atoms with E-state index in [-0.39, 0.29) is 0 Å². The first kappa shape index (κ1) is 13.7. The van der Waals surface area contributed by atoms with E-state index < -0.39 is 0 Å². The van der Waals surface area contributed by atoms with E-state index in [4.69, 9.17) is 0 Å². The van der Waals surface area contributed by atoms with Gasteiger partial charge in [-0.1, -0.05) is 19.8 Å². The normalized spacial score (nSPS) is 22.3. The maximum absolute atomic E-state index is 4.67. The summed E-state index contributed by atoms with van der Waals surface area (Å²) in [7, 11) is 0. The average Bonchev–Trinajstić information content (AvgIpc) is 3.29. The van der Waals surface area contributed by atoms with Crippen molar-refractivity contribution in [2.45, 2.75) is 51.5 Å². The minimum atomic E-state index is 0.529. The Bertz CT molecular complexity index is 684. The van der Waals surface area contributed by atoms with Gasteiger partial charge < -0.3 is 0 Å². The zero-order valence-corrected chi connectivity index (χ0v) is 13.1. The molecule has 1 aromatic rings. The fourth-order valence-electron chi connectivity index (χ4n) is 3.99. The molecule has 2 aliphatic heterocycles. The van der Waals surface area contributed by atoms with Gasteiger partial charge in [-0.25, -0.2) is 0 Å². The molecule has 0 spiro atoms. The summed E-state index contributed by atoms with van der Waals surface area (Å²) < 4.78 is 2.18. The second kappa shape index (κ2) is 5.67. The number of hydrogen-bond donors (Lipinski definition) is 0. The molecule has 1 saturated carbocycles. The molecule has 0 radical (unpaired) electrons. The minimum Gasteiger partial charge on any atom is -0.269 e. The van der Waals surface area contributed by atoms with Crippen molar-refractivity contribution in [1.29, 1.82) is 0 Å². The Balaban J connectivity index is 1.65. The third kappa shape index (κ3) is 2.27. The molecule has 1 aromatic heterocycles. The number of fused-ring (bicyclic) bond motifs is 1. The van der Waals surface area contributed by atoms with Gasteiger partial charge in [-0.05, 0) is 31.3 Å². The Morgan fingerprint density at radius 2 is 2.18 bits per heavy atom. The van der Waals surface area contributed by atoms with Crippen LogP contribution >= 0.6 is 0 Å². The van der Waals surface area contributed by atoms with Crippen molar-refractivity contribution in [1.82, 2.24) is 9.78 Å². The molecule has 4 nitrogen and oxygen atoms in total. The Kier molecular flexibility index (Phi) is 3.53. The number of nitrogens with zero attached hydrogens (tertiary/aromatic N) is 4. The van der Waals surface area contributed by atoms with Crippen LogP contribution in [-0.2, 0) is 0 Å². The van der Waals surface area contributed by atoms with E-state index in [0.717, 1.165) is 41.3 Å². The number of aromatic nitrogens is 2. The van der Waals surface area contributed by atoms with E-state index in [1.165, 1.54) is 25.7 Å². The third-order valence-electron chi connectivity index (χ3n) is 5.12. The van der Waals surface area contributed by atoms with Crippen molar-refractivity contribution in [2.24, 2.45) is 15.9 Å². The molecule has 3 heterocycles. The Hall–Kier alpha value is -1.97. The minimum absolute atomic E-state index is 0.529. The van der Waals surface area contributed by atoms with Gasteiger partial charge in [0.2, 0.25) is 0 Å². The lowest BCUT2D eigenvalue weighted by Crippen LogP contribution is -2.17. The van der Waals surface area contributed by atoms with Crippen LogP contribution in [0.15, 0.2) is 40.2 Å². The molecule has 22 heavy (non-hydrogen) atoms. The summed E-state index contributed by atoms with van der Waals surface area (Å²) in [4.78, 5) is 9.02. The third-order valence-corrected chi connectivity index (χ3v) is 5.12. The van der Waals surface area contributed by atoms with Crippen LogP contribution in [0.3, 0.4) is 0 Å². The Morgan fingerprint density at radius 1 is 1.32 bits per heavy atom. The average molecular weight is 294 g/mol. The van der Waals surface area contributed by atoms with Crippen molar-refractivity contribution in [3.63, 3.8) is 0 Å². The van der Waals surface area contributed by atoms with Crippen molar-refractivity contribution in [3.8, 4) is 0 Å². The molecular formula is C18H22N4. The van der Waals surface area contributed by atoms with Crippen LogP contribution in [0, 0.1) is 5.92 Å². The van der Waals surface area contributed by atoms with Crippen LogP contribution in [0.1, 0.15) is 57.1 Å². The van der Waals surface area contributed by atoms with Crippen molar-refractivity contribution in [3.05, 3.63) is 35.8 Å². The molecule has 1 fully saturated rings. The highest BCUT2D eigenvalue weighted by atomic mass is 15.3. The molecular weight excluding hydrogens is 272 g/mol. The lowest BCUT2D eigenvalue weighted by molar-refractivity contribution is 0.301. The quantitative estimate of drug-likeness (QED) is 0.821. The molecule has 114 valence electrons. The molecule has 0 N–H and O–H groups in total. The van der Waals surface area contributed by atoms with E-state index in [9.17, 15) is 0 Å². The fraction of sp³-hybridized carbons (Fsp3) is 0.500. The molecule has 0 unspecified atom stereocenters. The van der Waals surface area contributed by atoms with Crippen molar-refractivity contribution < 1.29 is 0 Å². The van der Waals surface area contributed by atoms with Crippen LogP contribution in [-0.4, -0.2) is 21.7 Å². The van der Waals surface area contributed by atoms with Gasteiger partial charge in [0.25, 0.3) is 0 Å². The summed E-state index contributed by atoms with van der Waals surface area (Å²) in [5, 5.41) is 4.67. The summed E-state index contributed by atoms with van der Waals surface area (Å²) >= 11 is 0. The lowest BCUT2D eigenvalue weighted by atomic mass is 9.96. The van der Waals surface area contributed by atoms with Crippen molar-refractivity contribution >= 4 is 17.6 Å². The van der Waals surface area contributed by atoms with Crippen LogP contribution in [0.25, 0.3) is 5.70 Å². The van der Waals surface area contributed by atoms with E-state index in [1.807, 2.05) is 18.6 Å². The molecule has 4 rings (SSSR count). The van der Waals surface area contributed by atoms with Gasteiger partial charge in [-0.2, -0.15) is 5.10 Å². The number of aliphatic imine (C=N–C) groups is 2. The Morgan fingerprint density at radius 3 is 3.00 bits per heavy atom. The highest BCUT2D eigenvalue weighted by molar-refractivity contribution is 6.17. The summed E-state index contributed by atoms with van der Waals surface area (Å²) in [5.41, 5.74) is 4.42. The van der Waals surface area contributed by atoms with E-state index in [2.05, 4.69) is 39.0 Å². The van der Waals surface area contributed by atoms with Gasteiger partial charge >= 0.3 is 0 Å². The predicted octanol–water partition coefficient (Wildman–Crippen LogP) is 4.18. The van der Waals surface area contributed by atoms with E-state index in [1.54, 1.807) is 0 Å². The number of allylic oxidation sites excluding steroid dienone is 2. The molecule has 4 heteroatoms. The molecule has 3 aliphatic rings. The van der Waals surface area contributed by atoms with Crippen LogP contribution < -0.4 is 0 Å². The molecule has 0 saturated heterocycles. The highest BCUT2D eigenvalue weighted by Gasteiger charge is 2.26. The van der Waals surface area contributed by atoms with Crippen LogP contribution in [0.5, 0.6) is 0 Å².